The van der Waals surface area contributed by atoms with Crippen LogP contribution in [0.25, 0.3) is 0 Å². The first-order valence-electron chi connectivity index (χ1n) is 8.49. The molecule has 0 heterocycles. The van der Waals surface area contributed by atoms with Gasteiger partial charge in [0.1, 0.15) is 0 Å². The third-order valence-corrected chi connectivity index (χ3v) is 4.66. The highest BCUT2D eigenvalue weighted by molar-refractivity contribution is 6.41. The highest BCUT2D eigenvalue weighted by Crippen LogP contribution is 2.37. The second-order valence-corrected chi connectivity index (χ2v) is 7.08. The summed E-state index contributed by atoms with van der Waals surface area (Å²) in [5.41, 5.74) is 0.945. The average Bonchev–Trinajstić information content (AvgIpc) is 2.46. The number of rotatable bonds is 11. The molecule has 0 aliphatic rings. The van der Waals surface area contributed by atoms with Crippen molar-refractivity contribution in [2.24, 2.45) is 0 Å². The van der Waals surface area contributed by atoms with Crippen LogP contribution in [0.5, 0.6) is 0 Å². The van der Waals surface area contributed by atoms with Gasteiger partial charge in [-0.1, -0.05) is 87.2 Å². The zero-order valence-electron chi connectivity index (χ0n) is 13.8. The fourth-order valence-electron chi connectivity index (χ4n) is 2.63. The molecule has 0 aliphatic heterocycles. The molecule has 0 amide bonds. The van der Waals surface area contributed by atoms with Crippen molar-refractivity contribution in [2.45, 2.75) is 65.2 Å². The molecule has 1 aromatic rings. The first kappa shape index (κ1) is 19.9. The van der Waals surface area contributed by atoms with Crippen LogP contribution in [0, 0.1) is 0 Å². The standard InChI is InChI=1S/C18H28Cl3N/c1-3-5-7-9-11-22(12-10-8-6-4-2)18-16(20)13-15(19)14-17(18)21/h13-14H,3-12H2,1-2H3. The van der Waals surface area contributed by atoms with Gasteiger partial charge < -0.3 is 4.90 Å². The summed E-state index contributed by atoms with van der Waals surface area (Å²) in [6.45, 7) is 6.48. The number of anilines is 1. The minimum atomic E-state index is 0.593. The lowest BCUT2D eigenvalue weighted by molar-refractivity contribution is 0.609. The van der Waals surface area contributed by atoms with Crippen molar-refractivity contribution in [3.8, 4) is 0 Å². The Bertz CT molecular complexity index is 399. The largest absolute Gasteiger partial charge is 0.369 e. The Balaban J connectivity index is 2.75. The molecule has 22 heavy (non-hydrogen) atoms. The number of hydrogen-bond donors (Lipinski definition) is 0. The third-order valence-electron chi connectivity index (χ3n) is 3.86. The normalized spacial score (nSPS) is 11.0. The van der Waals surface area contributed by atoms with Gasteiger partial charge in [-0.2, -0.15) is 0 Å². The maximum Gasteiger partial charge on any atom is 0.0746 e. The molecule has 126 valence electrons. The summed E-state index contributed by atoms with van der Waals surface area (Å²) in [6.07, 6.45) is 9.93. The van der Waals surface area contributed by atoms with E-state index < -0.39 is 0 Å². The van der Waals surface area contributed by atoms with Crippen molar-refractivity contribution in [1.29, 1.82) is 0 Å². The van der Waals surface area contributed by atoms with Crippen LogP contribution in [0.4, 0.5) is 5.69 Å². The molecule has 0 saturated heterocycles. The van der Waals surface area contributed by atoms with E-state index in [4.69, 9.17) is 34.8 Å². The summed E-state index contributed by atoms with van der Waals surface area (Å²) in [6, 6.07) is 3.57. The fourth-order valence-corrected chi connectivity index (χ4v) is 3.69. The molecule has 0 unspecified atom stereocenters. The fraction of sp³-hybridized carbons (Fsp3) is 0.667. The Morgan fingerprint density at radius 3 is 1.59 bits per heavy atom. The molecule has 1 rings (SSSR count). The van der Waals surface area contributed by atoms with Gasteiger partial charge in [0, 0.05) is 18.1 Å². The second-order valence-electron chi connectivity index (χ2n) is 5.83. The van der Waals surface area contributed by atoms with Crippen molar-refractivity contribution in [1.82, 2.24) is 0 Å². The number of unbranched alkanes of at least 4 members (excludes halogenated alkanes) is 6. The first-order valence-corrected chi connectivity index (χ1v) is 9.63. The highest BCUT2D eigenvalue weighted by atomic mass is 35.5. The number of hydrogen-bond acceptors (Lipinski definition) is 1. The molecule has 0 atom stereocenters. The topological polar surface area (TPSA) is 3.24 Å². The van der Waals surface area contributed by atoms with Gasteiger partial charge in [0.15, 0.2) is 0 Å². The zero-order valence-corrected chi connectivity index (χ0v) is 16.1. The van der Waals surface area contributed by atoms with Crippen LogP contribution in [-0.4, -0.2) is 13.1 Å². The van der Waals surface area contributed by atoms with Gasteiger partial charge in [0.25, 0.3) is 0 Å². The van der Waals surface area contributed by atoms with Crippen molar-refractivity contribution in [2.75, 3.05) is 18.0 Å². The van der Waals surface area contributed by atoms with Crippen LogP contribution in [0.2, 0.25) is 15.1 Å². The lowest BCUT2D eigenvalue weighted by atomic mass is 10.1. The van der Waals surface area contributed by atoms with E-state index in [1.807, 2.05) is 0 Å². The zero-order chi connectivity index (χ0) is 16.4. The van der Waals surface area contributed by atoms with Gasteiger partial charge in [-0.05, 0) is 25.0 Å². The maximum absolute atomic E-state index is 6.40. The predicted molar refractivity (Wildman–Crippen MR) is 102 cm³/mol. The van der Waals surface area contributed by atoms with Gasteiger partial charge in [0.05, 0.1) is 15.7 Å². The first-order chi connectivity index (χ1) is 10.6. The minimum absolute atomic E-state index is 0.593. The van der Waals surface area contributed by atoms with E-state index >= 15 is 0 Å². The molecule has 0 bridgehead atoms. The lowest BCUT2D eigenvalue weighted by Gasteiger charge is -2.27. The maximum atomic E-state index is 6.40. The van der Waals surface area contributed by atoms with Crippen LogP contribution < -0.4 is 4.90 Å². The molecule has 0 spiro atoms. The minimum Gasteiger partial charge on any atom is -0.369 e. The molecular weight excluding hydrogens is 337 g/mol. The van der Waals surface area contributed by atoms with Crippen molar-refractivity contribution >= 4 is 40.5 Å². The van der Waals surface area contributed by atoms with E-state index in [1.165, 1.54) is 51.4 Å². The summed E-state index contributed by atoms with van der Waals surface area (Å²) < 4.78 is 0. The Hall–Kier alpha value is -0.110. The second kappa shape index (κ2) is 11.4. The van der Waals surface area contributed by atoms with Gasteiger partial charge in [0.2, 0.25) is 0 Å². The van der Waals surface area contributed by atoms with Crippen molar-refractivity contribution in [3.63, 3.8) is 0 Å². The highest BCUT2D eigenvalue weighted by Gasteiger charge is 2.15. The van der Waals surface area contributed by atoms with Crippen LogP contribution in [-0.2, 0) is 0 Å². The van der Waals surface area contributed by atoms with E-state index in [0.29, 0.717) is 15.1 Å². The Kier molecular flexibility index (Phi) is 10.4. The summed E-state index contributed by atoms with van der Waals surface area (Å²) >= 11 is 18.8. The van der Waals surface area contributed by atoms with Crippen LogP contribution >= 0.6 is 34.8 Å². The van der Waals surface area contributed by atoms with Crippen molar-refractivity contribution < 1.29 is 0 Å². The van der Waals surface area contributed by atoms with Crippen LogP contribution in [0.3, 0.4) is 0 Å². The Labute approximate surface area is 150 Å². The van der Waals surface area contributed by atoms with Gasteiger partial charge >= 0.3 is 0 Å². The van der Waals surface area contributed by atoms with E-state index in [-0.39, 0.29) is 0 Å². The SMILES string of the molecule is CCCCCCN(CCCCCC)c1c(Cl)cc(Cl)cc1Cl. The molecule has 4 heteroatoms. The molecule has 1 aromatic carbocycles. The van der Waals surface area contributed by atoms with Crippen LogP contribution in [0.15, 0.2) is 12.1 Å². The predicted octanol–water partition coefficient (Wildman–Crippen LogP) is 7.61. The molecule has 0 radical (unpaired) electrons. The summed E-state index contributed by atoms with van der Waals surface area (Å²) in [5.74, 6) is 0. The molecule has 0 fully saturated rings. The van der Waals surface area contributed by atoms with E-state index in [2.05, 4.69) is 18.7 Å². The number of halogens is 3. The molecule has 1 nitrogen and oxygen atoms in total. The van der Waals surface area contributed by atoms with Crippen LogP contribution in [0.1, 0.15) is 65.2 Å². The Morgan fingerprint density at radius 2 is 1.18 bits per heavy atom. The molecule has 0 saturated carbocycles. The molecule has 0 N–H and O–H groups in total. The van der Waals surface area contributed by atoms with Gasteiger partial charge in [-0.15, -0.1) is 0 Å². The molecular formula is C18H28Cl3N. The summed E-state index contributed by atoms with van der Waals surface area (Å²) in [5, 5.41) is 1.91. The summed E-state index contributed by atoms with van der Waals surface area (Å²) in [7, 11) is 0. The van der Waals surface area contributed by atoms with Crippen molar-refractivity contribution in [3.05, 3.63) is 27.2 Å². The lowest BCUT2D eigenvalue weighted by Crippen LogP contribution is -2.26. The van der Waals surface area contributed by atoms with Gasteiger partial charge in [-0.3, -0.25) is 0 Å². The number of nitrogens with zero attached hydrogens (tertiary/aromatic N) is 1. The summed E-state index contributed by atoms with van der Waals surface area (Å²) in [4.78, 5) is 2.34. The average molecular weight is 365 g/mol. The quantitative estimate of drug-likeness (QED) is 0.365. The van der Waals surface area contributed by atoms with E-state index in [0.717, 1.165) is 18.8 Å². The monoisotopic (exact) mass is 363 g/mol. The number of benzene rings is 1. The van der Waals surface area contributed by atoms with E-state index in [1.54, 1.807) is 12.1 Å². The van der Waals surface area contributed by atoms with E-state index in [9.17, 15) is 0 Å². The molecule has 0 aromatic heterocycles. The third kappa shape index (κ3) is 6.98. The smallest absolute Gasteiger partial charge is 0.0746 e. The molecule has 0 aliphatic carbocycles. The Morgan fingerprint density at radius 1 is 0.727 bits per heavy atom. The van der Waals surface area contributed by atoms with Gasteiger partial charge in [-0.25, -0.2) is 0 Å².